The maximum Gasteiger partial charge on any atom is 0.336 e. The monoisotopic (exact) mass is 402 g/mol. The lowest BCUT2D eigenvalue weighted by Gasteiger charge is -2.35. The first kappa shape index (κ1) is 21.3. The number of benzene rings is 2. The quantitative estimate of drug-likeness (QED) is 0.685. The second-order valence-corrected chi connectivity index (χ2v) is 7.91. The zero-order valence-corrected chi connectivity index (χ0v) is 17.8. The molecule has 0 fully saturated rings. The van der Waals surface area contributed by atoms with Crippen molar-refractivity contribution in [1.29, 1.82) is 5.26 Å². The summed E-state index contributed by atoms with van der Waals surface area (Å²) in [4.78, 5) is 27.7. The summed E-state index contributed by atoms with van der Waals surface area (Å²) in [5.41, 5.74) is 4.54. The van der Waals surface area contributed by atoms with Crippen LogP contribution in [0.25, 0.3) is 0 Å². The van der Waals surface area contributed by atoms with Crippen LogP contribution in [0.5, 0.6) is 0 Å². The summed E-state index contributed by atoms with van der Waals surface area (Å²) >= 11 is 0. The Morgan fingerprint density at radius 3 is 2.53 bits per heavy atom. The molecule has 0 bridgehead atoms. The van der Waals surface area contributed by atoms with Gasteiger partial charge in [0, 0.05) is 18.0 Å². The maximum atomic E-state index is 13.1. The Labute approximate surface area is 177 Å². The third kappa shape index (κ3) is 4.60. The van der Waals surface area contributed by atoms with E-state index in [1.165, 1.54) is 0 Å². The summed E-state index contributed by atoms with van der Waals surface area (Å²) in [6.07, 6.45) is -0.0595. The highest BCUT2D eigenvalue weighted by Crippen LogP contribution is 2.38. The first-order valence-corrected chi connectivity index (χ1v) is 10.1. The normalized spacial score (nSPS) is 16.6. The Balaban J connectivity index is 2.03. The maximum absolute atomic E-state index is 13.1. The summed E-state index contributed by atoms with van der Waals surface area (Å²) in [5.74, 6) is -0.788. The van der Waals surface area contributed by atoms with Gasteiger partial charge in [-0.05, 0) is 51.0 Å². The minimum atomic E-state index is -0.392. The van der Waals surface area contributed by atoms with Crippen LogP contribution in [0.1, 0.15) is 55.4 Å². The van der Waals surface area contributed by atoms with Gasteiger partial charge in [0.2, 0.25) is 5.91 Å². The van der Waals surface area contributed by atoms with Crippen molar-refractivity contribution in [2.24, 2.45) is 0 Å². The second-order valence-electron chi connectivity index (χ2n) is 7.91. The zero-order valence-electron chi connectivity index (χ0n) is 17.8. The highest BCUT2D eigenvalue weighted by atomic mass is 16.5. The van der Waals surface area contributed by atoms with E-state index in [1.807, 2.05) is 51.1 Å². The zero-order chi connectivity index (χ0) is 21.8. The number of amides is 1. The van der Waals surface area contributed by atoms with E-state index in [2.05, 4.69) is 6.07 Å². The molecule has 1 atom stereocenters. The summed E-state index contributed by atoms with van der Waals surface area (Å²) in [6.45, 7) is 7.73. The summed E-state index contributed by atoms with van der Waals surface area (Å²) in [6, 6.07) is 17.2. The number of hydrogen-bond acceptors (Lipinski definition) is 4. The lowest BCUT2D eigenvalue weighted by atomic mass is 9.83. The number of aryl methyl sites for hydroxylation is 1. The molecule has 1 aliphatic heterocycles. The number of hydrogen-bond donors (Lipinski definition) is 0. The lowest BCUT2D eigenvalue weighted by Crippen LogP contribution is -2.38. The predicted octanol–water partition coefficient (Wildman–Crippen LogP) is 4.61. The molecule has 0 spiro atoms. The van der Waals surface area contributed by atoms with Gasteiger partial charge < -0.3 is 9.64 Å². The summed E-state index contributed by atoms with van der Waals surface area (Å²) in [7, 11) is 0. The number of nitrogens with zero attached hydrogens (tertiary/aromatic N) is 2. The van der Waals surface area contributed by atoms with Gasteiger partial charge >= 0.3 is 5.97 Å². The summed E-state index contributed by atoms with van der Waals surface area (Å²) < 4.78 is 5.53. The van der Waals surface area contributed by atoms with E-state index in [0.717, 1.165) is 16.7 Å². The molecule has 1 amide bonds. The molecule has 0 radical (unpaired) electrons. The third-order valence-electron chi connectivity index (χ3n) is 5.26. The molecule has 1 heterocycles. The van der Waals surface area contributed by atoms with E-state index in [9.17, 15) is 9.59 Å². The Hall–Kier alpha value is -3.39. The van der Waals surface area contributed by atoms with Crippen molar-refractivity contribution < 1.29 is 14.3 Å². The molecule has 154 valence electrons. The average molecular weight is 402 g/mol. The van der Waals surface area contributed by atoms with Crippen molar-refractivity contribution in [2.75, 3.05) is 0 Å². The third-order valence-corrected chi connectivity index (χ3v) is 5.26. The molecule has 0 aromatic heterocycles. The van der Waals surface area contributed by atoms with Crippen LogP contribution in [0, 0.1) is 18.3 Å². The molecule has 2 aromatic carbocycles. The van der Waals surface area contributed by atoms with Crippen molar-refractivity contribution in [3.05, 3.63) is 82.1 Å². The fourth-order valence-electron chi connectivity index (χ4n) is 3.75. The molecule has 5 nitrogen and oxygen atoms in total. The number of carbonyl (C=O) groups is 2. The fourth-order valence-corrected chi connectivity index (χ4v) is 3.75. The van der Waals surface area contributed by atoms with Crippen LogP contribution in [-0.2, 0) is 20.9 Å². The lowest BCUT2D eigenvalue weighted by molar-refractivity contribution is -0.143. The van der Waals surface area contributed by atoms with Crippen LogP contribution in [0.15, 0.2) is 59.8 Å². The van der Waals surface area contributed by atoms with E-state index in [0.29, 0.717) is 23.4 Å². The van der Waals surface area contributed by atoms with Crippen LogP contribution >= 0.6 is 0 Å². The molecule has 1 aliphatic rings. The number of rotatable bonds is 5. The van der Waals surface area contributed by atoms with Crippen LogP contribution in [0.4, 0.5) is 0 Å². The van der Waals surface area contributed by atoms with E-state index in [-0.39, 0.29) is 24.3 Å². The van der Waals surface area contributed by atoms with Crippen LogP contribution in [0.2, 0.25) is 0 Å². The van der Waals surface area contributed by atoms with Gasteiger partial charge in [-0.15, -0.1) is 0 Å². The topological polar surface area (TPSA) is 70.4 Å². The molecule has 0 aliphatic carbocycles. The molecule has 3 rings (SSSR count). The van der Waals surface area contributed by atoms with E-state index in [4.69, 9.17) is 10.00 Å². The molecule has 0 unspecified atom stereocenters. The Morgan fingerprint density at radius 2 is 1.90 bits per heavy atom. The number of carbonyl (C=O) groups excluding carboxylic acids is 2. The van der Waals surface area contributed by atoms with Crippen molar-refractivity contribution >= 4 is 11.9 Å². The Bertz CT molecular complexity index is 1030. The van der Waals surface area contributed by atoms with Gasteiger partial charge in [-0.2, -0.15) is 5.26 Å². The predicted molar refractivity (Wildman–Crippen MR) is 114 cm³/mol. The van der Waals surface area contributed by atoms with Gasteiger partial charge in [0.1, 0.15) is 0 Å². The van der Waals surface area contributed by atoms with Crippen molar-refractivity contribution in [3.8, 4) is 6.07 Å². The van der Waals surface area contributed by atoms with Gasteiger partial charge in [-0.1, -0.05) is 42.0 Å². The van der Waals surface area contributed by atoms with Crippen molar-refractivity contribution in [2.45, 2.75) is 52.7 Å². The molecule has 0 saturated carbocycles. The Morgan fingerprint density at radius 1 is 1.20 bits per heavy atom. The van der Waals surface area contributed by atoms with Gasteiger partial charge in [0.15, 0.2) is 0 Å². The fraction of sp³-hybridized carbons (Fsp3) is 0.320. The Kier molecular flexibility index (Phi) is 6.37. The first-order valence-electron chi connectivity index (χ1n) is 10.1. The van der Waals surface area contributed by atoms with E-state index >= 15 is 0 Å². The molecule has 2 aromatic rings. The molecule has 5 heteroatoms. The van der Waals surface area contributed by atoms with Crippen molar-refractivity contribution in [3.63, 3.8) is 0 Å². The standard InChI is InChI=1S/C25H26N2O3/c1-16(2)30-25(29)24-18(4)27(15-20-7-5-6-19(12-20)14-26)23(28)13-22(24)21-10-8-17(3)9-11-21/h5-12,16,22H,13,15H2,1-4H3/t22-/m0/s1. The van der Waals surface area contributed by atoms with E-state index < -0.39 is 5.97 Å². The molecular formula is C25H26N2O3. The van der Waals surface area contributed by atoms with Crippen molar-refractivity contribution in [1.82, 2.24) is 4.90 Å². The molecular weight excluding hydrogens is 376 g/mol. The van der Waals surface area contributed by atoms with Crippen LogP contribution in [-0.4, -0.2) is 22.9 Å². The first-order chi connectivity index (χ1) is 14.3. The highest BCUT2D eigenvalue weighted by molar-refractivity contribution is 5.96. The van der Waals surface area contributed by atoms with Crippen LogP contribution in [0.3, 0.4) is 0 Å². The smallest absolute Gasteiger partial charge is 0.336 e. The molecule has 0 N–H and O–H groups in total. The van der Waals surface area contributed by atoms with Gasteiger partial charge in [0.05, 0.1) is 29.9 Å². The minimum absolute atomic E-state index is 0.0541. The number of ether oxygens (including phenoxy) is 1. The van der Waals surface area contributed by atoms with Gasteiger partial charge in [0.25, 0.3) is 0 Å². The highest BCUT2D eigenvalue weighted by Gasteiger charge is 2.37. The molecule has 0 saturated heterocycles. The van der Waals surface area contributed by atoms with E-state index in [1.54, 1.807) is 30.0 Å². The minimum Gasteiger partial charge on any atom is -0.460 e. The number of nitriles is 1. The molecule has 30 heavy (non-hydrogen) atoms. The SMILES string of the molecule is CC1=C(C(=O)OC(C)C)[C@H](c2ccc(C)cc2)CC(=O)N1Cc1cccc(C#N)c1. The number of esters is 1. The number of allylic oxidation sites excluding steroid dienone is 1. The van der Waals surface area contributed by atoms with Crippen LogP contribution < -0.4 is 0 Å². The largest absolute Gasteiger partial charge is 0.460 e. The average Bonchev–Trinajstić information content (AvgIpc) is 2.70. The van der Waals surface area contributed by atoms with Gasteiger partial charge in [-0.25, -0.2) is 4.79 Å². The van der Waals surface area contributed by atoms with Gasteiger partial charge in [-0.3, -0.25) is 4.79 Å². The summed E-state index contributed by atoms with van der Waals surface area (Å²) in [5, 5.41) is 9.15. The second kappa shape index (κ2) is 8.96.